The maximum Gasteiger partial charge on any atom is 0.194 e. The van der Waals surface area contributed by atoms with Crippen molar-refractivity contribution < 1.29 is 13.9 Å². The number of nitrogens with one attached hydrogen (secondary N) is 1. The molecule has 102 valence electrons. The van der Waals surface area contributed by atoms with E-state index < -0.39 is 0 Å². The summed E-state index contributed by atoms with van der Waals surface area (Å²) in [5, 5.41) is 4.15. The smallest absolute Gasteiger partial charge is 0.194 e. The lowest BCUT2D eigenvalue weighted by Gasteiger charge is -2.14. The number of rotatable bonds is 6. The zero-order valence-corrected chi connectivity index (χ0v) is 11.5. The van der Waals surface area contributed by atoms with Crippen LogP contribution in [0, 0.1) is 0 Å². The van der Waals surface area contributed by atoms with Gasteiger partial charge in [0, 0.05) is 24.9 Å². The SMILES string of the molecule is CCNC[C@@H](C)Oc1ccc2cc(C(C)=O)oc2c1. The van der Waals surface area contributed by atoms with E-state index >= 15 is 0 Å². The predicted octanol–water partition coefficient (Wildman–Crippen LogP) is 3.01. The van der Waals surface area contributed by atoms with Gasteiger partial charge in [0.1, 0.15) is 17.4 Å². The Balaban J connectivity index is 2.14. The van der Waals surface area contributed by atoms with Crippen molar-refractivity contribution in [3.63, 3.8) is 0 Å². The highest BCUT2D eigenvalue weighted by atomic mass is 16.5. The molecule has 0 aliphatic heterocycles. The van der Waals surface area contributed by atoms with Crippen LogP contribution in [0.4, 0.5) is 0 Å². The van der Waals surface area contributed by atoms with E-state index in [4.69, 9.17) is 9.15 Å². The lowest BCUT2D eigenvalue weighted by Crippen LogP contribution is -2.28. The van der Waals surface area contributed by atoms with E-state index in [2.05, 4.69) is 12.2 Å². The van der Waals surface area contributed by atoms with Gasteiger partial charge in [-0.2, -0.15) is 0 Å². The summed E-state index contributed by atoms with van der Waals surface area (Å²) in [5.74, 6) is 1.06. The quantitative estimate of drug-likeness (QED) is 0.812. The molecule has 2 aromatic rings. The van der Waals surface area contributed by atoms with Crippen molar-refractivity contribution >= 4 is 16.8 Å². The van der Waals surface area contributed by atoms with Crippen molar-refractivity contribution in [2.75, 3.05) is 13.1 Å². The van der Waals surface area contributed by atoms with Crippen molar-refractivity contribution in [3.8, 4) is 5.75 Å². The van der Waals surface area contributed by atoms with Gasteiger partial charge in [-0.3, -0.25) is 4.79 Å². The van der Waals surface area contributed by atoms with E-state index in [0.717, 1.165) is 24.2 Å². The summed E-state index contributed by atoms with van der Waals surface area (Å²) in [4.78, 5) is 11.3. The van der Waals surface area contributed by atoms with Crippen LogP contribution in [0.1, 0.15) is 31.3 Å². The Kier molecular flexibility index (Phi) is 4.22. The molecule has 0 saturated heterocycles. The Morgan fingerprint density at radius 3 is 2.89 bits per heavy atom. The van der Waals surface area contributed by atoms with E-state index in [0.29, 0.717) is 11.3 Å². The summed E-state index contributed by atoms with van der Waals surface area (Å²) in [7, 11) is 0. The van der Waals surface area contributed by atoms with E-state index in [9.17, 15) is 4.79 Å². The Morgan fingerprint density at radius 2 is 2.21 bits per heavy atom. The van der Waals surface area contributed by atoms with Crippen LogP contribution >= 0.6 is 0 Å². The Bertz CT molecular complexity index is 574. The maximum absolute atomic E-state index is 11.3. The molecule has 4 heteroatoms. The van der Waals surface area contributed by atoms with Crippen LogP contribution in [-0.4, -0.2) is 25.0 Å². The highest BCUT2D eigenvalue weighted by Gasteiger charge is 2.10. The van der Waals surface area contributed by atoms with Crippen LogP contribution in [0.2, 0.25) is 0 Å². The molecule has 1 N–H and O–H groups in total. The first-order valence-corrected chi connectivity index (χ1v) is 6.52. The number of fused-ring (bicyclic) bond motifs is 1. The van der Waals surface area contributed by atoms with Crippen LogP contribution in [0.15, 0.2) is 28.7 Å². The molecule has 2 rings (SSSR count). The zero-order valence-electron chi connectivity index (χ0n) is 11.5. The van der Waals surface area contributed by atoms with Crippen molar-refractivity contribution in [2.45, 2.75) is 26.9 Å². The molecule has 0 radical (unpaired) electrons. The highest BCUT2D eigenvalue weighted by Crippen LogP contribution is 2.25. The van der Waals surface area contributed by atoms with Gasteiger partial charge in [0.05, 0.1) is 0 Å². The highest BCUT2D eigenvalue weighted by molar-refractivity contribution is 5.96. The normalized spacial score (nSPS) is 12.6. The van der Waals surface area contributed by atoms with Gasteiger partial charge >= 0.3 is 0 Å². The van der Waals surface area contributed by atoms with Crippen LogP contribution in [0.5, 0.6) is 5.75 Å². The number of likely N-dealkylation sites (N-methyl/N-ethyl adjacent to an activating group) is 1. The first kappa shape index (κ1) is 13.6. The molecular weight excluding hydrogens is 242 g/mol. The molecule has 1 heterocycles. The van der Waals surface area contributed by atoms with Crippen LogP contribution in [0.25, 0.3) is 11.0 Å². The number of ether oxygens (including phenoxy) is 1. The molecule has 0 aliphatic carbocycles. The van der Waals surface area contributed by atoms with Crippen molar-refractivity contribution in [1.82, 2.24) is 5.32 Å². The molecule has 19 heavy (non-hydrogen) atoms. The average Bonchev–Trinajstić information content (AvgIpc) is 2.79. The molecule has 0 saturated carbocycles. The van der Waals surface area contributed by atoms with Gasteiger partial charge in [0.15, 0.2) is 11.5 Å². The van der Waals surface area contributed by atoms with E-state index in [1.165, 1.54) is 6.92 Å². The molecule has 4 nitrogen and oxygen atoms in total. The second-order valence-corrected chi connectivity index (χ2v) is 4.60. The first-order valence-electron chi connectivity index (χ1n) is 6.52. The predicted molar refractivity (Wildman–Crippen MR) is 74.9 cm³/mol. The fraction of sp³-hybridized carbons (Fsp3) is 0.400. The summed E-state index contributed by atoms with van der Waals surface area (Å²) >= 11 is 0. The fourth-order valence-electron chi connectivity index (χ4n) is 1.88. The average molecular weight is 261 g/mol. The summed E-state index contributed by atoms with van der Waals surface area (Å²) in [5.41, 5.74) is 0.679. The molecule has 0 amide bonds. The molecule has 1 aromatic carbocycles. The zero-order chi connectivity index (χ0) is 13.8. The molecule has 1 aromatic heterocycles. The minimum atomic E-state index is -0.0702. The number of carbonyl (C=O) groups excluding carboxylic acids is 1. The van der Waals surface area contributed by atoms with Crippen molar-refractivity contribution in [2.24, 2.45) is 0 Å². The van der Waals surface area contributed by atoms with Gasteiger partial charge < -0.3 is 14.5 Å². The van der Waals surface area contributed by atoms with Crippen molar-refractivity contribution in [3.05, 3.63) is 30.0 Å². The van der Waals surface area contributed by atoms with Gasteiger partial charge in [-0.1, -0.05) is 6.92 Å². The van der Waals surface area contributed by atoms with Gasteiger partial charge in [0.2, 0.25) is 0 Å². The minimum absolute atomic E-state index is 0.0702. The van der Waals surface area contributed by atoms with Gasteiger partial charge in [-0.15, -0.1) is 0 Å². The topological polar surface area (TPSA) is 51.5 Å². The Morgan fingerprint density at radius 1 is 1.42 bits per heavy atom. The number of furan rings is 1. The molecule has 1 atom stereocenters. The number of benzene rings is 1. The standard InChI is InChI=1S/C15H19NO3/c1-4-16-9-10(2)18-13-6-5-12-7-14(11(3)17)19-15(12)8-13/h5-8,10,16H,4,9H2,1-3H3/t10-/m1/s1. The van der Waals surface area contributed by atoms with E-state index in [1.807, 2.05) is 25.1 Å². The fourth-order valence-corrected chi connectivity index (χ4v) is 1.88. The third-order valence-electron chi connectivity index (χ3n) is 2.86. The van der Waals surface area contributed by atoms with E-state index in [1.54, 1.807) is 6.07 Å². The number of ketones is 1. The van der Waals surface area contributed by atoms with Crippen molar-refractivity contribution in [1.29, 1.82) is 0 Å². The maximum atomic E-state index is 11.3. The Labute approximate surface area is 112 Å². The van der Waals surface area contributed by atoms with Crippen LogP contribution in [0.3, 0.4) is 0 Å². The van der Waals surface area contributed by atoms with Gasteiger partial charge in [-0.25, -0.2) is 0 Å². The third kappa shape index (κ3) is 3.35. The number of hydrogen-bond acceptors (Lipinski definition) is 4. The summed E-state index contributed by atoms with van der Waals surface area (Å²) in [6, 6.07) is 7.37. The summed E-state index contributed by atoms with van der Waals surface area (Å²) < 4.78 is 11.3. The lowest BCUT2D eigenvalue weighted by atomic mass is 10.2. The largest absolute Gasteiger partial charge is 0.489 e. The summed E-state index contributed by atoms with van der Waals surface area (Å²) in [6.45, 7) is 7.28. The number of carbonyl (C=O) groups is 1. The molecule has 0 unspecified atom stereocenters. The van der Waals surface area contributed by atoms with Crippen LogP contribution in [-0.2, 0) is 0 Å². The minimum Gasteiger partial charge on any atom is -0.489 e. The second kappa shape index (κ2) is 5.89. The molecule has 0 spiro atoms. The van der Waals surface area contributed by atoms with E-state index in [-0.39, 0.29) is 11.9 Å². The number of hydrogen-bond donors (Lipinski definition) is 1. The molecule has 0 fully saturated rings. The van der Waals surface area contributed by atoms with Crippen LogP contribution < -0.4 is 10.1 Å². The second-order valence-electron chi connectivity index (χ2n) is 4.60. The molecular formula is C15H19NO3. The summed E-state index contributed by atoms with van der Waals surface area (Å²) in [6.07, 6.45) is 0.0830. The third-order valence-corrected chi connectivity index (χ3v) is 2.86. The van der Waals surface area contributed by atoms with Gasteiger partial charge in [-0.05, 0) is 31.7 Å². The Hall–Kier alpha value is -1.81. The first-order chi connectivity index (χ1) is 9.10. The van der Waals surface area contributed by atoms with Gasteiger partial charge in [0.25, 0.3) is 0 Å². The molecule has 0 bridgehead atoms. The monoisotopic (exact) mass is 261 g/mol. The number of Topliss-reactive ketones (excluding diaryl/α,β-unsaturated/α-hetero) is 1. The lowest BCUT2D eigenvalue weighted by molar-refractivity contribution is 0.0989. The molecule has 0 aliphatic rings.